The minimum Gasteiger partial charge on any atom is -0.307 e. The maximum absolute atomic E-state index is 12.5. The Morgan fingerprint density at radius 3 is 2.78 bits per heavy atom. The van der Waals surface area contributed by atoms with Crippen LogP contribution in [0.2, 0.25) is 5.02 Å². The minimum atomic E-state index is 0.0779. The smallest absolute Gasteiger partial charge is 0.227 e. The molecule has 1 aromatic heterocycles. The lowest BCUT2D eigenvalue weighted by molar-refractivity contribution is -0.119. The maximum Gasteiger partial charge on any atom is 0.227 e. The minimum absolute atomic E-state index is 0.0779. The lowest BCUT2D eigenvalue weighted by Crippen LogP contribution is -2.31. The Labute approximate surface area is 141 Å². The molecule has 0 atom stereocenters. The molecule has 2 aromatic rings. The maximum atomic E-state index is 12.5. The Bertz CT molecular complexity index is 759. The number of anilines is 1. The van der Waals surface area contributed by atoms with Gasteiger partial charge in [0.05, 0.1) is 11.0 Å². The number of rotatable bonds is 4. The predicted octanol–water partition coefficient (Wildman–Crippen LogP) is 4.93. The summed E-state index contributed by atoms with van der Waals surface area (Å²) in [5.41, 5.74) is 2.10. The molecule has 0 saturated heterocycles. The molecule has 2 aliphatic rings. The van der Waals surface area contributed by atoms with Crippen molar-refractivity contribution in [3.05, 3.63) is 23.2 Å². The first-order valence-corrected chi connectivity index (χ1v) is 8.89. The molecular weight excluding hydrogens is 310 g/mol. The lowest BCUT2D eigenvalue weighted by Gasteiger charge is -2.37. The van der Waals surface area contributed by atoms with E-state index in [1.165, 1.54) is 12.8 Å². The zero-order valence-corrected chi connectivity index (χ0v) is 14.2. The van der Waals surface area contributed by atoms with Crippen molar-refractivity contribution in [1.82, 2.24) is 9.55 Å². The molecule has 2 aliphatic carbocycles. The summed E-state index contributed by atoms with van der Waals surface area (Å²) in [6.45, 7) is 2.20. The summed E-state index contributed by atoms with van der Waals surface area (Å²) in [6.07, 6.45) is 7.63. The van der Waals surface area contributed by atoms with Gasteiger partial charge in [0, 0.05) is 17.5 Å². The molecule has 122 valence electrons. The summed E-state index contributed by atoms with van der Waals surface area (Å²) >= 11 is 6.16. The van der Waals surface area contributed by atoms with Gasteiger partial charge in [0.15, 0.2) is 0 Å². The van der Waals surface area contributed by atoms with E-state index < -0.39 is 0 Å². The van der Waals surface area contributed by atoms with Crippen LogP contribution < -0.4 is 5.32 Å². The Hall–Kier alpha value is -1.55. The Balaban J connectivity index is 1.64. The van der Waals surface area contributed by atoms with Crippen LogP contribution in [0.25, 0.3) is 11.0 Å². The number of hydrogen-bond acceptors (Lipinski definition) is 2. The summed E-state index contributed by atoms with van der Waals surface area (Å²) in [4.78, 5) is 17.1. The molecule has 2 saturated carbocycles. The zero-order valence-electron chi connectivity index (χ0n) is 13.4. The Morgan fingerprint density at radius 1 is 1.39 bits per heavy atom. The molecule has 0 bridgehead atoms. The molecule has 5 heteroatoms. The van der Waals surface area contributed by atoms with Crippen LogP contribution >= 0.6 is 11.6 Å². The first kappa shape index (κ1) is 15.0. The van der Waals surface area contributed by atoms with E-state index >= 15 is 0 Å². The van der Waals surface area contributed by atoms with Crippen molar-refractivity contribution in [3.63, 3.8) is 0 Å². The number of imidazole rings is 1. The normalized spacial score (nSPS) is 20.1. The molecule has 0 spiro atoms. The van der Waals surface area contributed by atoms with E-state index in [9.17, 15) is 4.79 Å². The third-order valence-corrected chi connectivity index (χ3v) is 5.73. The van der Waals surface area contributed by atoms with Crippen LogP contribution in [-0.4, -0.2) is 15.5 Å². The number of benzene rings is 1. The van der Waals surface area contributed by atoms with Crippen LogP contribution in [0.3, 0.4) is 0 Å². The number of carbonyl (C=O) groups is 1. The number of fused-ring (bicyclic) bond motifs is 1. The van der Waals surface area contributed by atoms with E-state index in [0.717, 1.165) is 36.7 Å². The van der Waals surface area contributed by atoms with E-state index in [4.69, 9.17) is 11.6 Å². The number of nitrogens with zero attached hydrogens (tertiary/aromatic N) is 2. The summed E-state index contributed by atoms with van der Waals surface area (Å²) in [6, 6.07) is 6.15. The summed E-state index contributed by atoms with van der Waals surface area (Å²) in [7, 11) is 0. The topological polar surface area (TPSA) is 46.9 Å². The molecule has 1 heterocycles. The quantitative estimate of drug-likeness (QED) is 0.863. The van der Waals surface area contributed by atoms with E-state index in [-0.39, 0.29) is 11.3 Å². The van der Waals surface area contributed by atoms with Gasteiger partial charge in [-0.25, -0.2) is 4.98 Å². The molecule has 1 amide bonds. The number of amides is 1. The van der Waals surface area contributed by atoms with Crippen LogP contribution in [0, 0.1) is 5.41 Å². The van der Waals surface area contributed by atoms with Gasteiger partial charge in [-0.2, -0.15) is 0 Å². The van der Waals surface area contributed by atoms with Gasteiger partial charge in [0.25, 0.3) is 0 Å². The van der Waals surface area contributed by atoms with Gasteiger partial charge in [0.1, 0.15) is 0 Å². The second-order valence-corrected chi connectivity index (χ2v) is 7.85. The molecule has 0 radical (unpaired) electrons. The predicted molar refractivity (Wildman–Crippen MR) is 92.8 cm³/mol. The van der Waals surface area contributed by atoms with E-state index in [1.54, 1.807) is 0 Å². The number of halogens is 1. The number of hydrogen-bond donors (Lipinski definition) is 1. The third-order valence-electron chi connectivity index (χ3n) is 5.49. The van der Waals surface area contributed by atoms with Gasteiger partial charge >= 0.3 is 0 Å². The van der Waals surface area contributed by atoms with Crippen molar-refractivity contribution in [3.8, 4) is 0 Å². The van der Waals surface area contributed by atoms with E-state index in [2.05, 4.69) is 21.8 Å². The largest absolute Gasteiger partial charge is 0.307 e. The standard InChI is InChI=1S/C18H22ClN3O/c1-18(8-3-9-18)11-16(23)21-17-20-14-7-6-12(19)10-15(14)22(17)13-4-2-5-13/h6-7,10,13H,2-5,8-9,11H2,1H3,(H,20,21,23). The first-order valence-electron chi connectivity index (χ1n) is 8.51. The monoisotopic (exact) mass is 331 g/mol. The molecule has 4 rings (SSSR count). The van der Waals surface area contributed by atoms with E-state index in [1.807, 2.05) is 18.2 Å². The van der Waals surface area contributed by atoms with Crippen molar-refractivity contribution >= 4 is 34.5 Å². The fourth-order valence-electron chi connectivity index (χ4n) is 3.68. The lowest BCUT2D eigenvalue weighted by atomic mass is 9.68. The van der Waals surface area contributed by atoms with Gasteiger partial charge in [-0.15, -0.1) is 0 Å². The average molecular weight is 332 g/mol. The van der Waals surface area contributed by atoms with Gasteiger partial charge in [-0.1, -0.05) is 24.9 Å². The van der Waals surface area contributed by atoms with Crippen molar-refractivity contribution in [2.45, 2.75) is 57.9 Å². The number of aromatic nitrogens is 2. The SMILES string of the molecule is CC1(CC(=O)Nc2nc3ccc(Cl)cc3n2C2CCC2)CCC1. The fourth-order valence-corrected chi connectivity index (χ4v) is 3.85. The number of nitrogens with one attached hydrogen (secondary N) is 1. The molecule has 0 unspecified atom stereocenters. The molecule has 1 aromatic carbocycles. The summed E-state index contributed by atoms with van der Waals surface area (Å²) < 4.78 is 2.17. The van der Waals surface area contributed by atoms with Crippen LogP contribution in [0.5, 0.6) is 0 Å². The molecule has 2 fully saturated rings. The molecule has 23 heavy (non-hydrogen) atoms. The van der Waals surface area contributed by atoms with Crippen LogP contribution in [0.4, 0.5) is 5.95 Å². The molecule has 4 nitrogen and oxygen atoms in total. The van der Waals surface area contributed by atoms with Crippen LogP contribution in [-0.2, 0) is 4.79 Å². The second kappa shape index (κ2) is 5.52. The number of carbonyl (C=O) groups excluding carboxylic acids is 1. The summed E-state index contributed by atoms with van der Waals surface area (Å²) in [5, 5.41) is 3.77. The highest BCUT2D eigenvalue weighted by atomic mass is 35.5. The van der Waals surface area contributed by atoms with Crippen molar-refractivity contribution in [2.75, 3.05) is 5.32 Å². The van der Waals surface area contributed by atoms with Gasteiger partial charge in [-0.3, -0.25) is 10.1 Å². The molecule has 1 N–H and O–H groups in total. The van der Waals surface area contributed by atoms with Gasteiger partial charge in [0.2, 0.25) is 11.9 Å². The first-order chi connectivity index (χ1) is 11.0. The van der Waals surface area contributed by atoms with E-state index in [0.29, 0.717) is 23.4 Å². The average Bonchev–Trinajstić information content (AvgIpc) is 2.73. The Kier molecular flexibility index (Phi) is 3.60. The van der Waals surface area contributed by atoms with Gasteiger partial charge < -0.3 is 4.57 Å². The highest BCUT2D eigenvalue weighted by Crippen LogP contribution is 2.43. The van der Waals surface area contributed by atoms with Crippen molar-refractivity contribution in [2.24, 2.45) is 5.41 Å². The highest BCUT2D eigenvalue weighted by molar-refractivity contribution is 6.31. The van der Waals surface area contributed by atoms with Crippen LogP contribution in [0.15, 0.2) is 18.2 Å². The van der Waals surface area contributed by atoms with Crippen LogP contribution in [0.1, 0.15) is 57.9 Å². The summed E-state index contributed by atoms with van der Waals surface area (Å²) in [5.74, 6) is 0.758. The fraction of sp³-hybridized carbons (Fsp3) is 0.556. The molecular formula is C18H22ClN3O. The molecule has 0 aliphatic heterocycles. The van der Waals surface area contributed by atoms with Crippen molar-refractivity contribution in [1.29, 1.82) is 0 Å². The Morgan fingerprint density at radius 2 is 2.17 bits per heavy atom. The zero-order chi connectivity index (χ0) is 16.0. The second-order valence-electron chi connectivity index (χ2n) is 7.41. The third kappa shape index (κ3) is 2.74. The highest BCUT2D eigenvalue weighted by Gasteiger charge is 2.34. The van der Waals surface area contributed by atoms with Gasteiger partial charge in [-0.05, 0) is 55.7 Å². The van der Waals surface area contributed by atoms with Crippen molar-refractivity contribution < 1.29 is 4.79 Å².